The molecule has 1 aliphatic heterocycles. The highest BCUT2D eigenvalue weighted by molar-refractivity contribution is 6.17. The van der Waals surface area contributed by atoms with E-state index in [0.29, 0.717) is 5.57 Å². The third-order valence-corrected chi connectivity index (χ3v) is 3.37. The molecule has 0 aromatic carbocycles. The first-order valence-corrected chi connectivity index (χ1v) is 6.04. The van der Waals surface area contributed by atoms with Crippen LogP contribution in [0.3, 0.4) is 0 Å². The highest BCUT2D eigenvalue weighted by Gasteiger charge is 2.27. The van der Waals surface area contributed by atoms with E-state index in [2.05, 4.69) is 10.4 Å². The van der Waals surface area contributed by atoms with Gasteiger partial charge in [-0.3, -0.25) is 19.6 Å². The number of amides is 2. The Bertz CT molecular complexity index is 567. The monoisotopic (exact) mass is 247 g/mol. The molecule has 1 fully saturated rings. The molecule has 96 valence electrons. The predicted molar refractivity (Wildman–Crippen MR) is 67.7 cm³/mol. The van der Waals surface area contributed by atoms with E-state index in [4.69, 9.17) is 0 Å². The third-order valence-electron chi connectivity index (χ3n) is 3.37. The fourth-order valence-electron chi connectivity index (χ4n) is 2.49. The van der Waals surface area contributed by atoms with E-state index in [-0.39, 0.29) is 18.2 Å². The predicted octanol–water partition coefficient (Wildman–Crippen LogP) is 1.34. The van der Waals surface area contributed by atoms with Crippen molar-refractivity contribution in [3.05, 3.63) is 22.5 Å². The highest BCUT2D eigenvalue weighted by atomic mass is 16.2. The summed E-state index contributed by atoms with van der Waals surface area (Å²) in [5, 5.41) is 6.75. The fourth-order valence-corrected chi connectivity index (χ4v) is 2.49. The summed E-state index contributed by atoms with van der Waals surface area (Å²) < 4.78 is 1.91. The van der Waals surface area contributed by atoms with Gasteiger partial charge in [0.25, 0.3) is 5.91 Å². The second-order valence-corrected chi connectivity index (χ2v) is 4.52. The van der Waals surface area contributed by atoms with Crippen molar-refractivity contribution in [2.24, 2.45) is 0 Å². The average Bonchev–Trinajstić information content (AvgIpc) is 2.78. The summed E-state index contributed by atoms with van der Waals surface area (Å²) in [5.41, 5.74) is 4.32. The summed E-state index contributed by atoms with van der Waals surface area (Å²) in [6.07, 6.45) is 0.168. The van der Waals surface area contributed by atoms with Gasteiger partial charge in [-0.25, -0.2) is 0 Å². The number of imide groups is 1. The number of nitrogens with one attached hydrogen (secondary N) is 1. The molecule has 1 N–H and O–H groups in total. The molecule has 1 aromatic heterocycles. The molecule has 0 spiro atoms. The molecule has 5 heteroatoms. The van der Waals surface area contributed by atoms with Crippen LogP contribution in [0.1, 0.15) is 37.2 Å². The summed E-state index contributed by atoms with van der Waals surface area (Å²) in [6, 6.07) is 0. The first-order chi connectivity index (χ1) is 8.45. The van der Waals surface area contributed by atoms with Crippen molar-refractivity contribution in [1.29, 1.82) is 0 Å². The van der Waals surface area contributed by atoms with Crippen molar-refractivity contribution >= 4 is 17.4 Å². The van der Waals surface area contributed by atoms with Gasteiger partial charge in [-0.2, -0.15) is 5.10 Å². The summed E-state index contributed by atoms with van der Waals surface area (Å²) in [5.74, 6) is -0.506. The van der Waals surface area contributed by atoms with Crippen LogP contribution in [0, 0.1) is 13.8 Å². The normalized spacial score (nSPS) is 18.2. The molecule has 0 aliphatic carbocycles. The lowest BCUT2D eigenvalue weighted by Gasteiger charge is -2.05. The topological polar surface area (TPSA) is 64.0 Å². The number of aryl methyl sites for hydroxylation is 2. The van der Waals surface area contributed by atoms with Gasteiger partial charge in [0, 0.05) is 23.4 Å². The minimum absolute atomic E-state index is 0.168. The second kappa shape index (κ2) is 4.40. The number of hydrogen-bond donors (Lipinski definition) is 1. The summed E-state index contributed by atoms with van der Waals surface area (Å²) in [4.78, 5) is 22.9. The summed E-state index contributed by atoms with van der Waals surface area (Å²) in [7, 11) is 0. The minimum Gasteiger partial charge on any atom is -0.292 e. The number of nitrogens with zero attached hydrogens (tertiary/aromatic N) is 2. The maximum absolute atomic E-state index is 11.7. The number of carbonyl (C=O) groups is 2. The molecule has 1 saturated heterocycles. The first kappa shape index (κ1) is 12.5. The lowest BCUT2D eigenvalue weighted by atomic mass is 9.99. The van der Waals surface area contributed by atoms with Crippen LogP contribution < -0.4 is 5.32 Å². The van der Waals surface area contributed by atoms with Crippen LogP contribution in [0.2, 0.25) is 0 Å². The Hall–Kier alpha value is -1.91. The molecule has 1 aromatic rings. The van der Waals surface area contributed by atoms with Gasteiger partial charge in [0.1, 0.15) is 0 Å². The van der Waals surface area contributed by atoms with Gasteiger partial charge in [-0.1, -0.05) is 0 Å². The molecule has 2 heterocycles. The molecule has 0 unspecified atom stereocenters. The minimum atomic E-state index is -0.277. The fraction of sp³-hybridized carbons (Fsp3) is 0.462. The van der Waals surface area contributed by atoms with Gasteiger partial charge in [-0.15, -0.1) is 0 Å². The second-order valence-electron chi connectivity index (χ2n) is 4.52. The van der Waals surface area contributed by atoms with Gasteiger partial charge in [0.05, 0.1) is 12.1 Å². The standard InChI is InChI=1S/C13H17N3O2/c1-5-16-9(4)12(8(3)15-16)7(2)10-6-11(17)14-13(10)18/h5-6H2,1-4H3,(H,14,17,18). The Labute approximate surface area is 106 Å². The van der Waals surface area contributed by atoms with Gasteiger partial charge in [-0.05, 0) is 33.3 Å². The van der Waals surface area contributed by atoms with Crippen molar-refractivity contribution in [3.8, 4) is 0 Å². The highest BCUT2D eigenvalue weighted by Crippen LogP contribution is 2.28. The summed E-state index contributed by atoms with van der Waals surface area (Å²) >= 11 is 0. The van der Waals surface area contributed by atoms with Crippen LogP contribution in [0.25, 0.3) is 5.57 Å². The van der Waals surface area contributed by atoms with E-state index in [0.717, 1.165) is 29.1 Å². The molecule has 0 radical (unpaired) electrons. The van der Waals surface area contributed by atoms with Crippen molar-refractivity contribution in [2.75, 3.05) is 0 Å². The quantitative estimate of drug-likeness (QED) is 0.633. The Morgan fingerprint density at radius 1 is 1.39 bits per heavy atom. The van der Waals surface area contributed by atoms with E-state index >= 15 is 0 Å². The zero-order valence-electron chi connectivity index (χ0n) is 11.1. The lowest BCUT2D eigenvalue weighted by molar-refractivity contribution is -0.124. The Kier molecular flexibility index (Phi) is 3.07. The number of rotatable bonds is 2. The van der Waals surface area contributed by atoms with Crippen LogP contribution >= 0.6 is 0 Å². The van der Waals surface area contributed by atoms with Crippen LogP contribution in [-0.4, -0.2) is 21.6 Å². The van der Waals surface area contributed by atoms with Crippen LogP contribution in [0.15, 0.2) is 5.57 Å². The van der Waals surface area contributed by atoms with Crippen molar-refractivity contribution < 1.29 is 9.59 Å². The molecule has 18 heavy (non-hydrogen) atoms. The zero-order chi connectivity index (χ0) is 13.4. The molecule has 0 saturated carbocycles. The molecule has 2 amide bonds. The molecule has 5 nitrogen and oxygen atoms in total. The number of hydrogen-bond acceptors (Lipinski definition) is 3. The molecule has 0 atom stereocenters. The number of carbonyl (C=O) groups excluding carboxylic acids is 2. The molecule has 2 rings (SSSR count). The first-order valence-electron chi connectivity index (χ1n) is 6.04. The molecular weight excluding hydrogens is 230 g/mol. The van der Waals surface area contributed by atoms with Crippen molar-refractivity contribution in [3.63, 3.8) is 0 Å². The largest absolute Gasteiger partial charge is 0.292 e. The van der Waals surface area contributed by atoms with Crippen molar-refractivity contribution in [2.45, 2.75) is 40.7 Å². The van der Waals surface area contributed by atoms with E-state index in [1.165, 1.54) is 0 Å². The SMILES string of the molecule is CCn1nc(C)c(C(C)=C2CC(=O)NC2=O)c1C. The molecular formula is C13H17N3O2. The van der Waals surface area contributed by atoms with E-state index in [1.54, 1.807) is 0 Å². The van der Waals surface area contributed by atoms with Gasteiger partial charge >= 0.3 is 0 Å². The Morgan fingerprint density at radius 3 is 2.50 bits per heavy atom. The van der Waals surface area contributed by atoms with Gasteiger partial charge in [0.2, 0.25) is 5.91 Å². The van der Waals surface area contributed by atoms with E-state index in [9.17, 15) is 9.59 Å². The molecule has 0 bridgehead atoms. The Morgan fingerprint density at radius 2 is 2.06 bits per heavy atom. The van der Waals surface area contributed by atoms with Crippen LogP contribution in [-0.2, 0) is 16.1 Å². The Balaban J connectivity index is 2.55. The van der Waals surface area contributed by atoms with E-state index in [1.807, 2.05) is 32.4 Å². The number of allylic oxidation sites excluding steroid dienone is 1. The van der Waals surface area contributed by atoms with Gasteiger partial charge < -0.3 is 0 Å². The lowest BCUT2D eigenvalue weighted by Crippen LogP contribution is -2.19. The van der Waals surface area contributed by atoms with Crippen molar-refractivity contribution in [1.82, 2.24) is 15.1 Å². The summed E-state index contributed by atoms with van der Waals surface area (Å²) in [6.45, 7) is 8.60. The maximum atomic E-state index is 11.7. The van der Waals surface area contributed by atoms with E-state index < -0.39 is 0 Å². The average molecular weight is 247 g/mol. The third kappa shape index (κ3) is 1.85. The smallest absolute Gasteiger partial charge is 0.254 e. The van der Waals surface area contributed by atoms with Crippen LogP contribution in [0.4, 0.5) is 0 Å². The maximum Gasteiger partial charge on any atom is 0.254 e. The van der Waals surface area contributed by atoms with Gasteiger partial charge in [0.15, 0.2) is 0 Å². The number of aromatic nitrogens is 2. The molecule has 1 aliphatic rings. The zero-order valence-corrected chi connectivity index (χ0v) is 11.1. The van der Waals surface area contributed by atoms with Crippen LogP contribution in [0.5, 0.6) is 0 Å².